The number of unbranched alkanes of at least 4 members (excludes halogenated alkanes) is 1. The second-order valence-electron chi connectivity index (χ2n) is 8.04. The fourth-order valence-corrected chi connectivity index (χ4v) is 4.62. The van der Waals surface area contributed by atoms with E-state index in [1.54, 1.807) is 29.6 Å². The summed E-state index contributed by atoms with van der Waals surface area (Å²) in [6.07, 6.45) is 3.70. The fraction of sp³-hybridized carbons (Fsp3) is 0.308. The highest BCUT2D eigenvalue weighted by molar-refractivity contribution is 7.13. The van der Waals surface area contributed by atoms with Gasteiger partial charge < -0.3 is 18.6 Å². The predicted molar refractivity (Wildman–Crippen MR) is 132 cm³/mol. The molecule has 1 amide bonds. The zero-order valence-electron chi connectivity index (χ0n) is 19.5. The number of carbonyl (C=O) groups excluding carboxylic acids is 1. The molecule has 0 radical (unpaired) electrons. The van der Waals surface area contributed by atoms with E-state index in [0.29, 0.717) is 12.1 Å². The van der Waals surface area contributed by atoms with Crippen molar-refractivity contribution in [2.45, 2.75) is 33.2 Å². The van der Waals surface area contributed by atoms with E-state index >= 15 is 0 Å². The molecule has 0 aliphatic heterocycles. The largest absolute Gasteiger partial charge is 0.497 e. The molecule has 0 N–H and O–H groups in total. The number of carbonyl (C=O) groups is 1. The fourth-order valence-electron chi connectivity index (χ4n) is 3.80. The molecule has 6 nitrogen and oxygen atoms in total. The quantitative estimate of drug-likeness (QED) is 0.300. The van der Waals surface area contributed by atoms with Gasteiger partial charge in [-0.25, -0.2) is 4.98 Å². The molecule has 7 heteroatoms. The standard InChI is InChI=1S/C26H29N3O3S/c1-5-6-13-28(3)26(30)22-15-24(29(18(22)2)16-21-8-7-14-32-21)23-17-33-25(27-23)19-9-11-20(31-4)12-10-19/h7-12,14-15,17H,5-6,13,16H2,1-4H3. The Balaban J connectivity index is 1.72. The van der Waals surface area contributed by atoms with Crippen LogP contribution in [0.3, 0.4) is 0 Å². The highest BCUT2D eigenvalue weighted by Gasteiger charge is 2.23. The Morgan fingerprint density at radius 1 is 1.24 bits per heavy atom. The number of amides is 1. The Kier molecular flexibility index (Phi) is 6.99. The van der Waals surface area contributed by atoms with Crippen LogP contribution in [0.2, 0.25) is 0 Å². The van der Waals surface area contributed by atoms with Crippen molar-refractivity contribution in [3.63, 3.8) is 0 Å². The van der Waals surface area contributed by atoms with Gasteiger partial charge in [-0.05, 0) is 55.8 Å². The average Bonchev–Trinajstić information content (AvgIpc) is 3.59. The van der Waals surface area contributed by atoms with Crippen molar-refractivity contribution >= 4 is 17.2 Å². The third kappa shape index (κ3) is 4.88. The minimum absolute atomic E-state index is 0.0333. The van der Waals surface area contributed by atoms with Gasteiger partial charge >= 0.3 is 0 Å². The first-order valence-electron chi connectivity index (χ1n) is 11.1. The molecule has 3 aromatic heterocycles. The molecule has 0 saturated heterocycles. The maximum Gasteiger partial charge on any atom is 0.255 e. The zero-order chi connectivity index (χ0) is 23.4. The Morgan fingerprint density at radius 2 is 2.03 bits per heavy atom. The number of nitrogens with zero attached hydrogens (tertiary/aromatic N) is 3. The lowest BCUT2D eigenvalue weighted by molar-refractivity contribution is 0.0792. The minimum Gasteiger partial charge on any atom is -0.497 e. The van der Waals surface area contributed by atoms with Crippen LogP contribution in [0.25, 0.3) is 22.0 Å². The van der Waals surface area contributed by atoms with E-state index in [-0.39, 0.29) is 5.91 Å². The minimum atomic E-state index is 0.0333. The van der Waals surface area contributed by atoms with Gasteiger partial charge in [0.05, 0.1) is 36.9 Å². The average molecular weight is 464 g/mol. The van der Waals surface area contributed by atoms with Crippen molar-refractivity contribution in [1.29, 1.82) is 0 Å². The van der Waals surface area contributed by atoms with Gasteiger partial charge in [-0.15, -0.1) is 11.3 Å². The van der Waals surface area contributed by atoms with E-state index in [9.17, 15) is 4.79 Å². The first kappa shape index (κ1) is 22.9. The summed E-state index contributed by atoms with van der Waals surface area (Å²) in [6, 6.07) is 13.7. The van der Waals surface area contributed by atoms with E-state index in [2.05, 4.69) is 11.5 Å². The summed E-state index contributed by atoms with van der Waals surface area (Å²) < 4.78 is 13.0. The highest BCUT2D eigenvalue weighted by atomic mass is 32.1. The SMILES string of the molecule is CCCCN(C)C(=O)c1cc(-c2csc(-c3ccc(OC)cc3)n2)n(Cc2ccco2)c1C. The summed E-state index contributed by atoms with van der Waals surface area (Å²) in [4.78, 5) is 19.9. The third-order valence-electron chi connectivity index (χ3n) is 5.79. The normalized spacial score (nSPS) is 11.0. The lowest BCUT2D eigenvalue weighted by Gasteiger charge is -2.16. The van der Waals surface area contributed by atoms with Crippen LogP contribution in [0.5, 0.6) is 5.75 Å². The Labute approximate surface area is 198 Å². The first-order valence-corrected chi connectivity index (χ1v) is 12.0. The molecule has 172 valence electrons. The molecule has 0 saturated carbocycles. The van der Waals surface area contributed by atoms with Gasteiger partial charge in [0.1, 0.15) is 16.5 Å². The predicted octanol–water partition coefficient (Wildman–Crippen LogP) is 6.11. The van der Waals surface area contributed by atoms with Gasteiger partial charge in [0.25, 0.3) is 5.91 Å². The van der Waals surface area contributed by atoms with Crippen LogP contribution in [0, 0.1) is 6.92 Å². The number of hydrogen-bond acceptors (Lipinski definition) is 5. The van der Waals surface area contributed by atoms with E-state index in [0.717, 1.165) is 58.5 Å². The molecule has 0 fully saturated rings. The molecule has 0 spiro atoms. The summed E-state index contributed by atoms with van der Waals surface area (Å²) in [5, 5.41) is 2.96. The molecule has 0 aliphatic carbocycles. The Morgan fingerprint density at radius 3 is 2.70 bits per heavy atom. The molecule has 4 rings (SSSR count). The number of hydrogen-bond donors (Lipinski definition) is 0. The van der Waals surface area contributed by atoms with Crippen LogP contribution in [0.1, 0.15) is 41.6 Å². The molecule has 1 aromatic carbocycles. The number of thiazole rings is 1. The maximum absolute atomic E-state index is 13.2. The van der Waals surface area contributed by atoms with Gasteiger partial charge in [0, 0.05) is 30.2 Å². The van der Waals surface area contributed by atoms with Gasteiger partial charge in [-0.1, -0.05) is 13.3 Å². The highest BCUT2D eigenvalue weighted by Crippen LogP contribution is 2.33. The van der Waals surface area contributed by atoms with Crippen LogP contribution in [-0.2, 0) is 6.54 Å². The summed E-state index contributed by atoms with van der Waals surface area (Å²) in [5.41, 5.74) is 4.40. The molecule has 33 heavy (non-hydrogen) atoms. The first-order chi connectivity index (χ1) is 16.0. The molecule has 0 atom stereocenters. The van der Waals surface area contributed by atoms with Crippen molar-refractivity contribution in [1.82, 2.24) is 14.5 Å². The second kappa shape index (κ2) is 10.1. The van der Waals surface area contributed by atoms with Crippen molar-refractivity contribution < 1.29 is 13.9 Å². The number of benzene rings is 1. The zero-order valence-corrected chi connectivity index (χ0v) is 20.3. The van der Waals surface area contributed by atoms with E-state index in [1.165, 1.54) is 0 Å². The lowest BCUT2D eigenvalue weighted by atomic mass is 10.2. The number of methoxy groups -OCH3 is 1. The smallest absolute Gasteiger partial charge is 0.255 e. The lowest BCUT2D eigenvalue weighted by Crippen LogP contribution is -2.28. The topological polar surface area (TPSA) is 60.5 Å². The summed E-state index contributed by atoms with van der Waals surface area (Å²) >= 11 is 1.58. The van der Waals surface area contributed by atoms with Crippen molar-refractivity contribution in [3.05, 3.63) is 71.1 Å². The van der Waals surface area contributed by atoms with Crippen LogP contribution >= 0.6 is 11.3 Å². The number of aromatic nitrogens is 2. The molecule has 4 aromatic rings. The van der Waals surface area contributed by atoms with Gasteiger partial charge in [0.15, 0.2) is 0 Å². The van der Waals surface area contributed by atoms with E-state index in [1.807, 2.05) is 61.8 Å². The van der Waals surface area contributed by atoms with Gasteiger partial charge in [-0.2, -0.15) is 0 Å². The Bertz CT molecular complexity index is 1210. The number of furan rings is 1. The summed E-state index contributed by atoms with van der Waals surface area (Å²) in [7, 11) is 3.52. The van der Waals surface area contributed by atoms with E-state index in [4.69, 9.17) is 14.1 Å². The summed E-state index contributed by atoms with van der Waals surface area (Å²) in [5.74, 6) is 1.68. The maximum atomic E-state index is 13.2. The van der Waals surface area contributed by atoms with Crippen LogP contribution in [0.4, 0.5) is 0 Å². The molecule has 0 bridgehead atoms. The summed E-state index contributed by atoms with van der Waals surface area (Å²) in [6.45, 7) is 5.40. The second-order valence-corrected chi connectivity index (χ2v) is 8.90. The van der Waals surface area contributed by atoms with Crippen LogP contribution < -0.4 is 4.74 Å². The molecule has 3 heterocycles. The number of ether oxygens (including phenoxy) is 1. The van der Waals surface area contributed by atoms with Crippen molar-refractivity contribution in [2.75, 3.05) is 20.7 Å². The van der Waals surface area contributed by atoms with Crippen molar-refractivity contribution in [2.24, 2.45) is 0 Å². The van der Waals surface area contributed by atoms with Crippen LogP contribution in [-0.4, -0.2) is 41.1 Å². The van der Waals surface area contributed by atoms with Gasteiger partial charge in [-0.3, -0.25) is 4.79 Å². The number of rotatable bonds is 9. The molecule has 0 unspecified atom stereocenters. The van der Waals surface area contributed by atoms with E-state index < -0.39 is 0 Å². The molecular formula is C26H29N3O3S. The van der Waals surface area contributed by atoms with Gasteiger partial charge in [0.2, 0.25) is 0 Å². The monoisotopic (exact) mass is 463 g/mol. The Hall–Kier alpha value is -3.32. The van der Waals surface area contributed by atoms with Crippen molar-refractivity contribution in [3.8, 4) is 27.7 Å². The van der Waals surface area contributed by atoms with Crippen LogP contribution in [0.15, 0.2) is 58.5 Å². The molecular weight excluding hydrogens is 434 g/mol. The molecule has 0 aliphatic rings. The third-order valence-corrected chi connectivity index (χ3v) is 6.68.